The van der Waals surface area contributed by atoms with Crippen molar-refractivity contribution < 1.29 is 4.79 Å². The number of amides is 1. The Morgan fingerprint density at radius 3 is 2.83 bits per heavy atom. The van der Waals surface area contributed by atoms with Gasteiger partial charge in [-0.05, 0) is 58.4 Å². The highest BCUT2D eigenvalue weighted by Crippen LogP contribution is 2.33. The Bertz CT molecular complexity index is 326. The fraction of sp³-hybridized carbons (Fsp3) is 0.800. The van der Waals surface area contributed by atoms with Crippen molar-refractivity contribution in [2.24, 2.45) is 5.92 Å². The van der Waals surface area contributed by atoms with Crippen molar-refractivity contribution >= 4 is 5.91 Å². The summed E-state index contributed by atoms with van der Waals surface area (Å²) in [7, 11) is 0. The molecule has 0 spiro atoms. The maximum Gasteiger partial charge on any atom is 0.249 e. The first-order valence-electron chi connectivity index (χ1n) is 7.33. The highest BCUT2D eigenvalue weighted by Gasteiger charge is 2.35. The predicted octanol–water partition coefficient (Wildman–Crippen LogP) is 2.33. The number of piperidine rings is 1. The van der Waals surface area contributed by atoms with Gasteiger partial charge in [0.2, 0.25) is 5.91 Å². The van der Waals surface area contributed by atoms with Crippen molar-refractivity contribution in [1.29, 1.82) is 0 Å². The van der Waals surface area contributed by atoms with Gasteiger partial charge in [0, 0.05) is 24.2 Å². The largest absolute Gasteiger partial charge is 0.336 e. The molecule has 0 aromatic heterocycles. The third kappa shape index (κ3) is 2.77. The van der Waals surface area contributed by atoms with E-state index >= 15 is 0 Å². The Hall–Kier alpha value is -0.830. The third-order valence-corrected chi connectivity index (χ3v) is 4.53. The van der Waals surface area contributed by atoms with E-state index in [4.69, 9.17) is 0 Å². The Morgan fingerprint density at radius 1 is 1.39 bits per heavy atom. The van der Waals surface area contributed by atoms with Crippen LogP contribution in [0.4, 0.5) is 0 Å². The van der Waals surface area contributed by atoms with Crippen LogP contribution in [0, 0.1) is 5.92 Å². The summed E-state index contributed by atoms with van der Waals surface area (Å²) in [6, 6.07) is 1.04. The van der Waals surface area contributed by atoms with Crippen LogP contribution >= 0.6 is 0 Å². The number of carbonyl (C=O) groups excluding carboxylic acids is 1. The molecule has 0 radical (unpaired) electrons. The topological polar surface area (TPSA) is 32.3 Å². The third-order valence-electron chi connectivity index (χ3n) is 4.53. The lowest BCUT2D eigenvalue weighted by atomic mass is 9.77. The maximum absolute atomic E-state index is 12.1. The van der Waals surface area contributed by atoms with Gasteiger partial charge in [-0.3, -0.25) is 4.79 Å². The van der Waals surface area contributed by atoms with Crippen molar-refractivity contribution in [3.05, 3.63) is 12.2 Å². The summed E-state index contributed by atoms with van der Waals surface area (Å²) in [5.74, 6) is 0.977. The maximum atomic E-state index is 12.1. The van der Waals surface area contributed by atoms with Crippen molar-refractivity contribution in [2.75, 3.05) is 13.1 Å². The number of hydrogen-bond acceptors (Lipinski definition) is 2. The van der Waals surface area contributed by atoms with Crippen LogP contribution in [0.2, 0.25) is 0 Å². The highest BCUT2D eigenvalue weighted by molar-refractivity contribution is 5.92. The van der Waals surface area contributed by atoms with Crippen LogP contribution in [0.15, 0.2) is 12.2 Å². The zero-order valence-electron chi connectivity index (χ0n) is 11.7. The molecule has 3 unspecified atom stereocenters. The molecule has 1 aliphatic heterocycles. The van der Waals surface area contributed by atoms with E-state index in [1.165, 1.54) is 19.3 Å². The van der Waals surface area contributed by atoms with Crippen LogP contribution in [0.1, 0.15) is 46.0 Å². The van der Waals surface area contributed by atoms with Crippen LogP contribution in [-0.2, 0) is 4.79 Å². The van der Waals surface area contributed by atoms with Gasteiger partial charge in [-0.1, -0.05) is 6.58 Å². The van der Waals surface area contributed by atoms with Crippen molar-refractivity contribution in [2.45, 2.75) is 58.0 Å². The first kappa shape index (κ1) is 13.6. The van der Waals surface area contributed by atoms with E-state index in [-0.39, 0.29) is 5.91 Å². The monoisotopic (exact) mass is 250 g/mol. The molecule has 1 heterocycles. The van der Waals surface area contributed by atoms with Crippen molar-refractivity contribution in [3.8, 4) is 0 Å². The summed E-state index contributed by atoms with van der Waals surface area (Å²) in [6.07, 6.45) is 6.23. The number of carbonyl (C=O) groups is 1. The molecule has 3 atom stereocenters. The molecule has 1 N–H and O–H groups in total. The normalized spacial score (nSPS) is 31.6. The summed E-state index contributed by atoms with van der Waals surface area (Å²) in [5, 5.41) is 3.64. The zero-order chi connectivity index (χ0) is 13.1. The van der Waals surface area contributed by atoms with Crippen LogP contribution in [0.5, 0.6) is 0 Å². The average Bonchev–Trinajstić information content (AvgIpc) is 2.39. The van der Waals surface area contributed by atoms with Crippen molar-refractivity contribution in [1.82, 2.24) is 10.2 Å². The molecule has 2 rings (SSSR count). The van der Waals surface area contributed by atoms with Crippen LogP contribution in [0.25, 0.3) is 0 Å². The van der Waals surface area contributed by atoms with Gasteiger partial charge >= 0.3 is 0 Å². The quantitative estimate of drug-likeness (QED) is 0.780. The van der Waals surface area contributed by atoms with Gasteiger partial charge in [0.15, 0.2) is 0 Å². The van der Waals surface area contributed by atoms with Gasteiger partial charge in [-0.15, -0.1) is 0 Å². The summed E-state index contributed by atoms with van der Waals surface area (Å²) in [4.78, 5) is 14.2. The summed E-state index contributed by atoms with van der Waals surface area (Å²) in [6.45, 7) is 9.63. The van der Waals surface area contributed by atoms with E-state index in [1.807, 2.05) is 11.8 Å². The highest BCUT2D eigenvalue weighted by atomic mass is 16.2. The molecular weight excluding hydrogens is 224 g/mol. The summed E-state index contributed by atoms with van der Waals surface area (Å²) >= 11 is 0. The van der Waals surface area contributed by atoms with Gasteiger partial charge in [0.05, 0.1) is 0 Å². The van der Waals surface area contributed by atoms with Gasteiger partial charge in [0.25, 0.3) is 0 Å². The van der Waals surface area contributed by atoms with Crippen LogP contribution in [0.3, 0.4) is 0 Å². The van der Waals surface area contributed by atoms with Crippen LogP contribution < -0.4 is 5.32 Å². The number of nitrogens with one attached hydrogen (secondary N) is 1. The first-order chi connectivity index (χ1) is 8.63. The van der Waals surface area contributed by atoms with E-state index < -0.39 is 0 Å². The Balaban J connectivity index is 2.00. The molecule has 3 heteroatoms. The molecule has 3 nitrogen and oxygen atoms in total. The minimum atomic E-state index is 0.136. The molecule has 1 saturated carbocycles. The van der Waals surface area contributed by atoms with Gasteiger partial charge in [-0.25, -0.2) is 0 Å². The molecule has 2 fully saturated rings. The summed E-state index contributed by atoms with van der Waals surface area (Å²) in [5.41, 5.74) is 0.663. The van der Waals surface area contributed by atoms with E-state index in [0.717, 1.165) is 31.8 Å². The second kappa shape index (κ2) is 5.87. The standard InChI is InChI=1S/C15H26N2O/c1-4-17(15(18)11(2)3)13-8-7-12-6-5-9-16-14(12)10-13/h12-14,16H,2,4-10H2,1,3H3. The second-order valence-electron chi connectivity index (χ2n) is 5.80. The number of rotatable bonds is 3. The smallest absolute Gasteiger partial charge is 0.249 e. The van der Waals surface area contributed by atoms with Crippen molar-refractivity contribution in [3.63, 3.8) is 0 Å². The number of fused-ring (bicyclic) bond motifs is 1. The SMILES string of the molecule is C=C(C)C(=O)N(CC)C1CCC2CCCNC2C1. The van der Waals surface area contributed by atoms with Gasteiger partial charge in [-0.2, -0.15) is 0 Å². The molecule has 0 aromatic rings. The van der Waals surface area contributed by atoms with Gasteiger partial charge in [0.1, 0.15) is 0 Å². The Kier molecular flexibility index (Phi) is 4.44. The average molecular weight is 250 g/mol. The Morgan fingerprint density at radius 2 is 2.17 bits per heavy atom. The molecule has 2 aliphatic rings. The molecule has 0 bridgehead atoms. The second-order valence-corrected chi connectivity index (χ2v) is 5.80. The molecule has 1 saturated heterocycles. The number of hydrogen-bond donors (Lipinski definition) is 1. The molecule has 1 amide bonds. The molecule has 1 aliphatic carbocycles. The van der Waals surface area contributed by atoms with Gasteiger partial charge < -0.3 is 10.2 Å². The lowest BCUT2D eigenvalue weighted by Crippen LogP contribution is -2.52. The fourth-order valence-corrected chi connectivity index (χ4v) is 3.55. The van der Waals surface area contributed by atoms with E-state index in [1.54, 1.807) is 0 Å². The lowest BCUT2D eigenvalue weighted by molar-refractivity contribution is -0.130. The Labute approximate surface area is 111 Å². The predicted molar refractivity (Wildman–Crippen MR) is 74.4 cm³/mol. The lowest BCUT2D eigenvalue weighted by Gasteiger charge is -2.43. The number of likely N-dealkylation sites (N-methyl/N-ethyl adjacent to an activating group) is 1. The summed E-state index contributed by atoms with van der Waals surface area (Å²) < 4.78 is 0. The minimum Gasteiger partial charge on any atom is -0.336 e. The van der Waals surface area contributed by atoms with E-state index in [9.17, 15) is 4.79 Å². The fourth-order valence-electron chi connectivity index (χ4n) is 3.55. The minimum absolute atomic E-state index is 0.136. The van der Waals surface area contributed by atoms with Crippen LogP contribution in [-0.4, -0.2) is 36.0 Å². The van der Waals surface area contributed by atoms with E-state index in [2.05, 4.69) is 18.8 Å². The molecule has 102 valence electrons. The first-order valence-corrected chi connectivity index (χ1v) is 7.33. The van der Waals surface area contributed by atoms with E-state index in [0.29, 0.717) is 17.7 Å². The molecule has 18 heavy (non-hydrogen) atoms. The molecule has 0 aromatic carbocycles. The molecular formula is C15H26N2O. The zero-order valence-corrected chi connectivity index (χ0v) is 11.7. The number of nitrogens with zero attached hydrogens (tertiary/aromatic N) is 1.